The number of halogens is 5. The van der Waals surface area contributed by atoms with Crippen LogP contribution in [0.4, 0.5) is 22.0 Å². The van der Waals surface area contributed by atoms with E-state index in [1.165, 1.54) is 0 Å². The van der Waals surface area contributed by atoms with Crippen molar-refractivity contribution in [3.63, 3.8) is 0 Å². The second kappa shape index (κ2) is 4.45. The predicted octanol–water partition coefficient (Wildman–Crippen LogP) is 3.26. The van der Waals surface area contributed by atoms with Crippen molar-refractivity contribution in [2.24, 2.45) is 0 Å². The Hall–Kier alpha value is -1.24. The average Bonchev–Trinajstić information content (AvgIpc) is 2.13. The molecule has 1 rings (SSSR count). The second-order valence-corrected chi connectivity index (χ2v) is 9.90. The molecule has 0 saturated carbocycles. The molecule has 0 fully saturated rings. The molecule has 18 heavy (non-hydrogen) atoms. The number of benzene rings is 1. The zero-order chi connectivity index (χ0) is 14.3. The van der Waals surface area contributed by atoms with E-state index in [9.17, 15) is 26.7 Å². The van der Waals surface area contributed by atoms with Crippen LogP contribution in [0, 0.1) is 11.6 Å². The maximum atomic E-state index is 13.9. The number of carbonyl (C=O) groups excluding carboxylic acids is 1. The summed E-state index contributed by atoms with van der Waals surface area (Å²) >= 11 is 0. The van der Waals surface area contributed by atoms with Crippen LogP contribution in [0.5, 0.6) is 0 Å². The van der Waals surface area contributed by atoms with Gasteiger partial charge in [-0.05, 0) is 11.3 Å². The van der Waals surface area contributed by atoms with Crippen molar-refractivity contribution < 1.29 is 26.7 Å². The molecule has 0 amide bonds. The van der Waals surface area contributed by atoms with Crippen LogP contribution in [0.25, 0.3) is 0 Å². The highest BCUT2D eigenvalue weighted by atomic mass is 28.3. The van der Waals surface area contributed by atoms with E-state index in [1.54, 1.807) is 19.6 Å². The molecule has 0 aliphatic heterocycles. The van der Waals surface area contributed by atoms with E-state index in [2.05, 4.69) is 0 Å². The van der Waals surface area contributed by atoms with E-state index >= 15 is 0 Å². The Morgan fingerprint density at radius 3 is 2.00 bits per heavy atom. The van der Waals surface area contributed by atoms with Gasteiger partial charge < -0.3 is 0 Å². The van der Waals surface area contributed by atoms with Gasteiger partial charge in [-0.3, -0.25) is 4.79 Å². The molecule has 0 aliphatic carbocycles. The van der Waals surface area contributed by atoms with E-state index in [4.69, 9.17) is 0 Å². The van der Waals surface area contributed by atoms with Gasteiger partial charge in [0.1, 0.15) is 11.6 Å². The molecule has 0 aliphatic rings. The van der Waals surface area contributed by atoms with Gasteiger partial charge >= 0.3 is 6.18 Å². The molecule has 100 valence electrons. The highest BCUT2D eigenvalue weighted by Crippen LogP contribution is 2.25. The van der Waals surface area contributed by atoms with E-state index < -0.39 is 37.2 Å². The monoisotopic (exact) mass is 282 g/mol. The van der Waals surface area contributed by atoms with Gasteiger partial charge in [-0.25, -0.2) is 8.78 Å². The summed E-state index contributed by atoms with van der Waals surface area (Å²) in [5.74, 6) is -5.37. The lowest BCUT2D eigenvalue weighted by atomic mass is 10.1. The minimum atomic E-state index is -5.29. The minimum absolute atomic E-state index is 0.00324. The quantitative estimate of drug-likeness (QED) is 0.462. The van der Waals surface area contributed by atoms with Crippen LogP contribution in [0.15, 0.2) is 12.1 Å². The van der Waals surface area contributed by atoms with Crippen molar-refractivity contribution in [3.8, 4) is 0 Å². The number of hydrogen-bond acceptors (Lipinski definition) is 1. The van der Waals surface area contributed by atoms with Crippen LogP contribution >= 0.6 is 0 Å². The van der Waals surface area contributed by atoms with Crippen LogP contribution in [0.2, 0.25) is 19.6 Å². The van der Waals surface area contributed by atoms with Crippen molar-refractivity contribution in [2.45, 2.75) is 25.8 Å². The largest absolute Gasteiger partial charge is 0.455 e. The second-order valence-electron chi connectivity index (χ2n) is 4.86. The summed E-state index contributed by atoms with van der Waals surface area (Å²) in [6.45, 7) is 5.06. The third kappa shape index (κ3) is 2.77. The number of hydrogen-bond donors (Lipinski definition) is 0. The zero-order valence-corrected chi connectivity index (χ0v) is 11.0. The lowest BCUT2D eigenvalue weighted by molar-refractivity contribution is -0.0890. The Kier molecular flexibility index (Phi) is 3.67. The van der Waals surface area contributed by atoms with Gasteiger partial charge in [0.25, 0.3) is 5.78 Å². The van der Waals surface area contributed by atoms with E-state index in [0.29, 0.717) is 6.07 Å². The Morgan fingerprint density at radius 2 is 1.61 bits per heavy atom. The topological polar surface area (TPSA) is 17.1 Å². The van der Waals surface area contributed by atoms with Crippen LogP contribution in [-0.4, -0.2) is 20.0 Å². The standard InChI is InChI=1S/C11H11F5OSi/c1-18(2,3)7-5-4-6(12)8(9(7)13)10(17)11(14,15)16/h4-5H,1-3H3. The van der Waals surface area contributed by atoms with E-state index in [-0.39, 0.29) is 5.19 Å². The SMILES string of the molecule is C[Si](C)(C)c1ccc(F)c(C(=O)C(F)(F)F)c1F. The fourth-order valence-corrected chi connectivity index (χ4v) is 2.85. The first-order valence-corrected chi connectivity index (χ1v) is 8.56. The summed E-state index contributed by atoms with van der Waals surface area (Å²) in [5, 5.41) is -0.00324. The molecule has 0 N–H and O–H groups in total. The maximum absolute atomic E-state index is 13.9. The minimum Gasteiger partial charge on any atom is -0.284 e. The van der Waals surface area contributed by atoms with Gasteiger partial charge in [-0.1, -0.05) is 25.7 Å². The van der Waals surface area contributed by atoms with Gasteiger partial charge in [0.2, 0.25) is 0 Å². The van der Waals surface area contributed by atoms with Crippen LogP contribution in [-0.2, 0) is 0 Å². The first kappa shape index (κ1) is 14.8. The number of carbonyl (C=O) groups is 1. The number of ketones is 1. The van der Waals surface area contributed by atoms with Crippen molar-refractivity contribution in [2.75, 3.05) is 0 Å². The molecule has 0 unspecified atom stereocenters. The maximum Gasteiger partial charge on any atom is 0.455 e. The molecule has 0 bridgehead atoms. The summed E-state index contributed by atoms with van der Waals surface area (Å²) in [6, 6.07) is 1.81. The summed E-state index contributed by atoms with van der Waals surface area (Å²) < 4.78 is 63.9. The molecule has 0 atom stereocenters. The summed E-state index contributed by atoms with van der Waals surface area (Å²) in [4.78, 5) is 11.0. The van der Waals surface area contributed by atoms with E-state index in [0.717, 1.165) is 6.07 Å². The van der Waals surface area contributed by atoms with Crippen LogP contribution in [0.3, 0.4) is 0 Å². The molecule has 0 spiro atoms. The average molecular weight is 282 g/mol. The molecule has 1 aromatic carbocycles. The van der Waals surface area contributed by atoms with Crippen LogP contribution in [0.1, 0.15) is 10.4 Å². The third-order valence-corrected chi connectivity index (χ3v) is 4.39. The van der Waals surface area contributed by atoms with Gasteiger partial charge in [0, 0.05) is 0 Å². The first-order chi connectivity index (χ1) is 7.96. The highest BCUT2D eigenvalue weighted by Gasteiger charge is 2.43. The summed E-state index contributed by atoms with van der Waals surface area (Å²) in [5.41, 5.74) is -1.51. The Bertz CT molecular complexity index is 487. The van der Waals surface area contributed by atoms with Crippen molar-refractivity contribution in [1.29, 1.82) is 0 Å². The molecule has 0 saturated heterocycles. The summed E-state index contributed by atoms with van der Waals surface area (Å²) in [7, 11) is -2.30. The smallest absolute Gasteiger partial charge is 0.284 e. The van der Waals surface area contributed by atoms with Crippen molar-refractivity contribution in [3.05, 3.63) is 29.3 Å². The normalized spacial score (nSPS) is 12.7. The van der Waals surface area contributed by atoms with Gasteiger partial charge in [0.15, 0.2) is 0 Å². The number of Topliss-reactive ketones (excluding diaryl/α,β-unsaturated/α-hetero) is 1. The lowest BCUT2D eigenvalue weighted by Crippen LogP contribution is -2.42. The van der Waals surface area contributed by atoms with Gasteiger partial charge in [-0.2, -0.15) is 13.2 Å². The number of alkyl halides is 3. The fourth-order valence-electron chi connectivity index (χ4n) is 1.48. The first-order valence-electron chi connectivity index (χ1n) is 5.06. The molecule has 0 aromatic heterocycles. The molecular formula is C11H11F5OSi. The lowest BCUT2D eigenvalue weighted by Gasteiger charge is -2.19. The van der Waals surface area contributed by atoms with Crippen molar-refractivity contribution >= 4 is 19.0 Å². The van der Waals surface area contributed by atoms with E-state index in [1.807, 2.05) is 0 Å². The predicted molar refractivity (Wildman–Crippen MR) is 59.7 cm³/mol. The molecule has 0 heterocycles. The molecule has 1 aromatic rings. The Labute approximate surface area is 102 Å². The molecular weight excluding hydrogens is 271 g/mol. The Balaban J connectivity index is 3.51. The molecule has 1 nitrogen and oxygen atoms in total. The molecule has 0 radical (unpaired) electrons. The van der Waals surface area contributed by atoms with Crippen LogP contribution < -0.4 is 5.19 Å². The van der Waals surface area contributed by atoms with Crippen molar-refractivity contribution in [1.82, 2.24) is 0 Å². The third-order valence-electron chi connectivity index (χ3n) is 2.38. The summed E-state index contributed by atoms with van der Waals surface area (Å²) in [6.07, 6.45) is -5.29. The Morgan fingerprint density at radius 1 is 1.11 bits per heavy atom. The number of rotatable bonds is 2. The van der Waals surface area contributed by atoms with Gasteiger partial charge in [0.05, 0.1) is 13.6 Å². The molecule has 7 heteroatoms. The van der Waals surface area contributed by atoms with Gasteiger partial charge in [-0.15, -0.1) is 0 Å². The highest BCUT2D eigenvalue weighted by molar-refractivity contribution is 6.88. The fraction of sp³-hybridized carbons (Fsp3) is 0.364. The zero-order valence-electron chi connectivity index (χ0n) is 9.95.